The Balaban J connectivity index is 2.41. The number of halogens is 1. The Morgan fingerprint density at radius 3 is 2.92 bits per heavy atom. The summed E-state index contributed by atoms with van der Waals surface area (Å²) in [7, 11) is 0. The zero-order valence-electron chi connectivity index (χ0n) is 7.00. The Morgan fingerprint density at radius 2 is 2.33 bits per heavy atom. The molecule has 0 amide bonds. The van der Waals surface area contributed by atoms with E-state index >= 15 is 0 Å². The van der Waals surface area contributed by atoms with Crippen molar-refractivity contribution in [2.75, 3.05) is 17.5 Å². The normalized spacial score (nSPS) is 25.6. The highest BCUT2D eigenvalue weighted by Crippen LogP contribution is 2.17. The van der Waals surface area contributed by atoms with Gasteiger partial charge in [0.2, 0.25) is 0 Å². The number of rotatable bonds is 3. The van der Waals surface area contributed by atoms with Crippen LogP contribution in [0.4, 0.5) is 0 Å². The highest BCUT2D eigenvalue weighted by Gasteiger charge is 2.22. The minimum atomic E-state index is -0.702. The molecule has 3 nitrogen and oxygen atoms in total. The summed E-state index contributed by atoms with van der Waals surface area (Å²) in [6, 6.07) is 0.496. The summed E-state index contributed by atoms with van der Waals surface area (Å²) >= 11 is 2.33. The lowest BCUT2D eigenvalue weighted by molar-refractivity contribution is -0.139. The van der Waals surface area contributed by atoms with Crippen LogP contribution in [0.1, 0.15) is 19.3 Å². The minimum absolute atomic E-state index is 0.216. The van der Waals surface area contributed by atoms with Gasteiger partial charge in [-0.05, 0) is 19.4 Å². The van der Waals surface area contributed by atoms with E-state index in [9.17, 15) is 4.79 Å². The Kier molecular flexibility index (Phi) is 4.28. The monoisotopic (exact) mass is 283 g/mol. The first kappa shape index (κ1) is 10.2. The Labute approximate surface area is 86.3 Å². The SMILES string of the molecule is O=C(O)CN1CCCC[C@H]1CI. The molecule has 0 bridgehead atoms. The van der Waals surface area contributed by atoms with E-state index in [-0.39, 0.29) is 6.54 Å². The average molecular weight is 283 g/mol. The summed E-state index contributed by atoms with van der Waals surface area (Å²) in [5.41, 5.74) is 0. The van der Waals surface area contributed by atoms with Crippen LogP contribution in [-0.4, -0.2) is 39.5 Å². The fourth-order valence-corrected chi connectivity index (χ4v) is 2.61. The molecule has 1 fully saturated rings. The molecule has 0 aromatic heterocycles. The van der Waals surface area contributed by atoms with Crippen molar-refractivity contribution in [3.8, 4) is 0 Å². The molecule has 1 aliphatic rings. The average Bonchev–Trinajstić information content (AvgIpc) is 2.04. The third-order valence-corrected chi connectivity index (χ3v) is 3.28. The van der Waals surface area contributed by atoms with Crippen LogP contribution in [0.3, 0.4) is 0 Å². The van der Waals surface area contributed by atoms with Crippen LogP contribution in [0, 0.1) is 0 Å². The van der Waals surface area contributed by atoms with E-state index in [2.05, 4.69) is 27.5 Å². The van der Waals surface area contributed by atoms with Crippen LogP contribution in [0.5, 0.6) is 0 Å². The largest absolute Gasteiger partial charge is 0.480 e. The van der Waals surface area contributed by atoms with Crippen LogP contribution in [0.15, 0.2) is 0 Å². The Morgan fingerprint density at radius 1 is 1.58 bits per heavy atom. The molecule has 0 saturated carbocycles. The summed E-state index contributed by atoms with van der Waals surface area (Å²) in [6.07, 6.45) is 3.57. The van der Waals surface area contributed by atoms with Gasteiger partial charge in [-0.2, -0.15) is 0 Å². The van der Waals surface area contributed by atoms with Crippen LogP contribution in [-0.2, 0) is 4.79 Å². The number of aliphatic carboxylic acids is 1. The van der Waals surface area contributed by atoms with Gasteiger partial charge in [-0.1, -0.05) is 29.0 Å². The Hall–Kier alpha value is 0.160. The number of carbonyl (C=O) groups is 1. The first-order chi connectivity index (χ1) is 5.74. The number of hydrogen-bond acceptors (Lipinski definition) is 2. The van der Waals surface area contributed by atoms with Crippen molar-refractivity contribution < 1.29 is 9.90 Å². The van der Waals surface area contributed by atoms with Crippen LogP contribution in [0.2, 0.25) is 0 Å². The topological polar surface area (TPSA) is 40.5 Å². The molecule has 1 aliphatic heterocycles. The third-order valence-electron chi connectivity index (χ3n) is 2.27. The summed E-state index contributed by atoms with van der Waals surface area (Å²) in [6.45, 7) is 1.17. The lowest BCUT2D eigenvalue weighted by Crippen LogP contribution is -2.43. The van der Waals surface area contributed by atoms with Gasteiger partial charge in [0.05, 0.1) is 6.54 Å². The first-order valence-corrected chi connectivity index (χ1v) is 5.78. The molecule has 0 aliphatic carbocycles. The molecule has 0 spiro atoms. The van der Waals surface area contributed by atoms with Gasteiger partial charge >= 0.3 is 5.97 Å². The molecule has 4 heteroatoms. The molecule has 0 aromatic rings. The van der Waals surface area contributed by atoms with E-state index in [1.165, 1.54) is 6.42 Å². The molecule has 1 rings (SSSR count). The van der Waals surface area contributed by atoms with Crippen molar-refractivity contribution in [2.24, 2.45) is 0 Å². The van der Waals surface area contributed by atoms with E-state index in [4.69, 9.17) is 5.11 Å². The maximum atomic E-state index is 10.5. The van der Waals surface area contributed by atoms with Crippen molar-refractivity contribution in [2.45, 2.75) is 25.3 Å². The van der Waals surface area contributed by atoms with Crippen LogP contribution < -0.4 is 0 Å². The maximum Gasteiger partial charge on any atom is 0.317 e. The number of nitrogens with zero attached hydrogens (tertiary/aromatic N) is 1. The predicted octanol–water partition coefficient (Wildman–Crippen LogP) is 1.36. The smallest absolute Gasteiger partial charge is 0.317 e. The van der Waals surface area contributed by atoms with Gasteiger partial charge in [0.1, 0.15) is 0 Å². The maximum absolute atomic E-state index is 10.5. The Bertz CT molecular complexity index is 163. The molecule has 12 heavy (non-hydrogen) atoms. The number of hydrogen-bond donors (Lipinski definition) is 1. The standard InChI is InChI=1S/C8H14INO2/c9-5-7-3-1-2-4-10(7)6-8(11)12/h7H,1-6H2,(H,11,12)/t7-/m0/s1. The fourth-order valence-electron chi connectivity index (χ4n) is 1.62. The summed E-state index contributed by atoms with van der Waals surface area (Å²) < 4.78 is 1.05. The van der Waals surface area contributed by atoms with Gasteiger partial charge in [-0.3, -0.25) is 9.69 Å². The van der Waals surface area contributed by atoms with Crippen molar-refractivity contribution in [3.05, 3.63) is 0 Å². The second-order valence-electron chi connectivity index (χ2n) is 3.17. The predicted molar refractivity (Wildman–Crippen MR) is 55.7 cm³/mol. The zero-order chi connectivity index (χ0) is 8.97. The summed E-state index contributed by atoms with van der Waals surface area (Å²) in [4.78, 5) is 12.6. The number of likely N-dealkylation sites (tertiary alicyclic amines) is 1. The number of alkyl halides is 1. The van der Waals surface area contributed by atoms with Crippen LogP contribution in [0.25, 0.3) is 0 Å². The molecule has 1 saturated heterocycles. The second-order valence-corrected chi connectivity index (χ2v) is 4.05. The molecule has 1 N–H and O–H groups in total. The van der Waals surface area contributed by atoms with Gasteiger partial charge in [-0.15, -0.1) is 0 Å². The van der Waals surface area contributed by atoms with Crippen LogP contribution >= 0.6 is 22.6 Å². The van der Waals surface area contributed by atoms with E-state index in [1.54, 1.807) is 0 Å². The molecule has 1 heterocycles. The van der Waals surface area contributed by atoms with Gasteiger partial charge in [0.15, 0.2) is 0 Å². The second kappa shape index (κ2) is 5.01. The van der Waals surface area contributed by atoms with E-state index in [0.717, 1.165) is 23.8 Å². The van der Waals surface area contributed by atoms with E-state index in [0.29, 0.717) is 6.04 Å². The minimum Gasteiger partial charge on any atom is -0.480 e. The van der Waals surface area contributed by atoms with E-state index < -0.39 is 5.97 Å². The first-order valence-electron chi connectivity index (χ1n) is 4.26. The lowest BCUT2D eigenvalue weighted by Gasteiger charge is -2.33. The van der Waals surface area contributed by atoms with Crippen molar-refractivity contribution >= 4 is 28.6 Å². The summed E-state index contributed by atoms with van der Waals surface area (Å²) in [5.74, 6) is -0.702. The zero-order valence-corrected chi connectivity index (χ0v) is 9.16. The highest BCUT2D eigenvalue weighted by molar-refractivity contribution is 14.1. The van der Waals surface area contributed by atoms with Gasteiger partial charge in [0, 0.05) is 10.5 Å². The highest BCUT2D eigenvalue weighted by atomic mass is 127. The van der Waals surface area contributed by atoms with Gasteiger partial charge in [-0.25, -0.2) is 0 Å². The van der Waals surface area contributed by atoms with Gasteiger partial charge < -0.3 is 5.11 Å². The van der Waals surface area contributed by atoms with E-state index in [1.807, 2.05) is 0 Å². The van der Waals surface area contributed by atoms with Gasteiger partial charge in [0.25, 0.3) is 0 Å². The molecular weight excluding hydrogens is 269 g/mol. The molecular formula is C8H14INO2. The number of piperidine rings is 1. The molecule has 0 aromatic carbocycles. The lowest BCUT2D eigenvalue weighted by atomic mass is 10.0. The molecule has 70 valence electrons. The fraction of sp³-hybridized carbons (Fsp3) is 0.875. The third kappa shape index (κ3) is 2.90. The molecule has 1 atom stereocenters. The molecule has 0 unspecified atom stereocenters. The van der Waals surface area contributed by atoms with Crippen molar-refractivity contribution in [1.82, 2.24) is 4.90 Å². The quantitative estimate of drug-likeness (QED) is 0.628. The summed E-state index contributed by atoms with van der Waals surface area (Å²) in [5, 5.41) is 8.63. The number of carboxylic acids is 1. The number of carboxylic acid groups (broad SMARTS) is 1. The van der Waals surface area contributed by atoms with Crippen molar-refractivity contribution in [3.63, 3.8) is 0 Å². The van der Waals surface area contributed by atoms with Crippen molar-refractivity contribution in [1.29, 1.82) is 0 Å². The molecule has 0 radical (unpaired) electrons.